The molecule has 4 rings (SSSR count). The average molecular weight is 388 g/mol. The number of fused-ring (bicyclic) bond motifs is 1. The molecule has 1 aromatic heterocycles. The Balaban J connectivity index is 1.59. The molecular weight excluding hydrogens is 358 g/mol. The van der Waals surface area contributed by atoms with Crippen molar-refractivity contribution in [2.75, 3.05) is 26.2 Å². The number of furan rings is 1. The highest BCUT2D eigenvalue weighted by Crippen LogP contribution is 2.33. The number of rotatable bonds is 5. The maximum atomic E-state index is 12.8. The van der Waals surface area contributed by atoms with Crippen molar-refractivity contribution in [1.82, 2.24) is 10.6 Å². The van der Waals surface area contributed by atoms with Crippen LogP contribution in [0.2, 0.25) is 0 Å². The second kappa shape index (κ2) is 8.39. The molecular formula is C21H30N3O4+. The third-order valence-electron chi connectivity index (χ3n) is 6.39. The lowest BCUT2D eigenvalue weighted by atomic mass is 9.75. The molecule has 0 bridgehead atoms. The maximum absolute atomic E-state index is 12.8. The van der Waals surface area contributed by atoms with Crippen LogP contribution >= 0.6 is 0 Å². The van der Waals surface area contributed by atoms with Gasteiger partial charge in [-0.15, -0.1) is 0 Å². The SMILES string of the molecule is CCOC(=O)C1=C(C[NH+]2CC[C@@H]3CCCC[C@@H]3C2)NC(=O)N[C@@H]1c1ccco1. The van der Waals surface area contributed by atoms with Crippen LogP contribution in [-0.2, 0) is 9.53 Å². The molecule has 2 amide bonds. The fourth-order valence-electron chi connectivity index (χ4n) is 5.08. The van der Waals surface area contributed by atoms with Crippen LogP contribution in [0.3, 0.4) is 0 Å². The molecule has 0 radical (unpaired) electrons. The Kier molecular flexibility index (Phi) is 5.71. The number of nitrogens with one attached hydrogen (secondary N) is 3. The Bertz CT molecular complexity index is 743. The summed E-state index contributed by atoms with van der Waals surface area (Å²) in [6.07, 6.45) is 8.13. The summed E-state index contributed by atoms with van der Waals surface area (Å²) >= 11 is 0. The van der Waals surface area contributed by atoms with Gasteiger partial charge in [-0.3, -0.25) is 0 Å². The lowest BCUT2D eigenvalue weighted by molar-refractivity contribution is -0.906. The number of likely N-dealkylation sites (tertiary alicyclic amines) is 1. The molecule has 3 heterocycles. The van der Waals surface area contributed by atoms with Gasteiger partial charge in [0, 0.05) is 5.92 Å². The quantitative estimate of drug-likeness (QED) is 0.668. The molecule has 2 aliphatic heterocycles. The van der Waals surface area contributed by atoms with Crippen LogP contribution in [0.15, 0.2) is 34.1 Å². The van der Waals surface area contributed by atoms with E-state index in [1.165, 1.54) is 37.0 Å². The number of urea groups is 1. The van der Waals surface area contributed by atoms with Crippen LogP contribution in [0, 0.1) is 11.8 Å². The van der Waals surface area contributed by atoms with Crippen molar-refractivity contribution < 1.29 is 23.6 Å². The van der Waals surface area contributed by atoms with Gasteiger partial charge < -0.3 is 24.7 Å². The van der Waals surface area contributed by atoms with Crippen molar-refractivity contribution in [2.45, 2.75) is 45.1 Å². The van der Waals surface area contributed by atoms with Gasteiger partial charge in [-0.25, -0.2) is 9.59 Å². The average Bonchev–Trinajstić information content (AvgIpc) is 3.22. The standard InChI is InChI=1S/C21H29N3O4/c1-2-27-20(25)18-16(22-21(26)23-19(18)17-8-5-11-28-17)13-24-10-9-14-6-3-4-7-15(14)12-24/h5,8,11,14-15,19H,2-4,6-7,9-10,12-13H2,1H3,(H2,22,23,26)/p+1/t14-,15+,19+/m0/s1. The fraction of sp³-hybridized carbons (Fsp3) is 0.619. The van der Waals surface area contributed by atoms with Crippen LogP contribution in [0.4, 0.5) is 4.79 Å². The lowest BCUT2D eigenvalue weighted by Crippen LogP contribution is -3.14. The Labute approximate surface area is 165 Å². The van der Waals surface area contributed by atoms with Crippen molar-refractivity contribution in [1.29, 1.82) is 0 Å². The minimum absolute atomic E-state index is 0.286. The fourth-order valence-corrected chi connectivity index (χ4v) is 5.08. The van der Waals surface area contributed by atoms with Gasteiger partial charge in [-0.1, -0.05) is 12.8 Å². The molecule has 28 heavy (non-hydrogen) atoms. The van der Waals surface area contributed by atoms with E-state index in [1.54, 1.807) is 25.3 Å². The number of piperidine rings is 1. The highest BCUT2D eigenvalue weighted by Gasteiger charge is 2.39. The summed E-state index contributed by atoms with van der Waals surface area (Å²) in [4.78, 5) is 26.5. The minimum Gasteiger partial charge on any atom is -0.467 e. The van der Waals surface area contributed by atoms with Gasteiger partial charge >= 0.3 is 12.0 Å². The molecule has 1 aliphatic carbocycles. The summed E-state index contributed by atoms with van der Waals surface area (Å²) in [5, 5.41) is 5.69. The molecule has 0 aromatic carbocycles. The van der Waals surface area contributed by atoms with Gasteiger partial charge in [0.1, 0.15) is 18.3 Å². The summed E-state index contributed by atoms with van der Waals surface area (Å²) < 4.78 is 10.8. The van der Waals surface area contributed by atoms with E-state index in [9.17, 15) is 9.59 Å². The molecule has 2 fully saturated rings. The highest BCUT2D eigenvalue weighted by atomic mass is 16.5. The number of quaternary nitrogens is 1. The number of esters is 1. The van der Waals surface area contributed by atoms with E-state index in [-0.39, 0.29) is 12.6 Å². The first-order valence-corrected chi connectivity index (χ1v) is 10.5. The van der Waals surface area contributed by atoms with Crippen molar-refractivity contribution in [3.05, 3.63) is 35.4 Å². The van der Waals surface area contributed by atoms with E-state index >= 15 is 0 Å². The molecule has 3 N–H and O–H groups in total. The molecule has 1 aromatic rings. The predicted molar refractivity (Wildman–Crippen MR) is 102 cm³/mol. The van der Waals surface area contributed by atoms with Gasteiger partial charge in [0.2, 0.25) is 0 Å². The molecule has 152 valence electrons. The van der Waals surface area contributed by atoms with Gasteiger partial charge in [0.15, 0.2) is 0 Å². The lowest BCUT2D eigenvalue weighted by Gasteiger charge is -2.39. The molecule has 7 nitrogen and oxygen atoms in total. The first-order chi connectivity index (χ1) is 13.7. The second-order valence-electron chi connectivity index (χ2n) is 8.13. The largest absolute Gasteiger partial charge is 0.467 e. The Morgan fingerprint density at radius 3 is 2.86 bits per heavy atom. The Hall–Kier alpha value is -2.28. The highest BCUT2D eigenvalue weighted by molar-refractivity contribution is 5.95. The topological polar surface area (TPSA) is 85.0 Å². The molecule has 1 saturated carbocycles. The zero-order valence-corrected chi connectivity index (χ0v) is 16.5. The van der Waals surface area contributed by atoms with Gasteiger partial charge in [0.25, 0.3) is 0 Å². The van der Waals surface area contributed by atoms with Crippen LogP contribution in [0.25, 0.3) is 0 Å². The van der Waals surface area contributed by atoms with Crippen LogP contribution in [0.1, 0.15) is 50.8 Å². The number of carbonyl (C=O) groups is 2. The normalized spacial score (nSPS) is 30.2. The third-order valence-corrected chi connectivity index (χ3v) is 6.39. The first kappa shape index (κ1) is 19.1. The Morgan fingerprint density at radius 1 is 1.29 bits per heavy atom. The number of amides is 2. The van der Waals surface area contributed by atoms with Crippen molar-refractivity contribution >= 4 is 12.0 Å². The summed E-state index contributed by atoms with van der Waals surface area (Å²) in [7, 11) is 0. The molecule has 4 atom stereocenters. The van der Waals surface area contributed by atoms with E-state index in [2.05, 4.69) is 10.6 Å². The number of ether oxygens (including phenoxy) is 1. The maximum Gasteiger partial charge on any atom is 0.338 e. The van der Waals surface area contributed by atoms with Crippen LogP contribution in [0.5, 0.6) is 0 Å². The second-order valence-corrected chi connectivity index (χ2v) is 8.13. The van der Waals surface area contributed by atoms with Crippen molar-refractivity contribution in [3.63, 3.8) is 0 Å². The predicted octanol–water partition coefficient (Wildman–Crippen LogP) is 1.55. The Morgan fingerprint density at radius 2 is 2.11 bits per heavy atom. The minimum atomic E-state index is -0.621. The zero-order valence-electron chi connectivity index (χ0n) is 16.5. The summed E-state index contributed by atoms with van der Waals surface area (Å²) in [6, 6.07) is 2.60. The number of carbonyl (C=O) groups excluding carboxylic acids is 2. The van der Waals surface area contributed by atoms with Gasteiger partial charge in [-0.05, 0) is 44.2 Å². The van der Waals surface area contributed by atoms with E-state index in [0.717, 1.165) is 24.9 Å². The molecule has 3 aliphatic rings. The summed E-state index contributed by atoms with van der Waals surface area (Å²) in [5.74, 6) is 1.76. The van der Waals surface area contributed by atoms with E-state index < -0.39 is 12.0 Å². The molecule has 1 saturated heterocycles. The van der Waals surface area contributed by atoms with E-state index in [1.807, 2.05) is 0 Å². The zero-order chi connectivity index (χ0) is 19.5. The van der Waals surface area contributed by atoms with E-state index in [0.29, 0.717) is 23.6 Å². The number of hydrogen-bond acceptors (Lipinski definition) is 4. The van der Waals surface area contributed by atoms with Gasteiger partial charge in [0.05, 0.1) is 37.2 Å². The smallest absolute Gasteiger partial charge is 0.338 e. The first-order valence-electron chi connectivity index (χ1n) is 10.5. The third kappa shape index (κ3) is 3.94. The van der Waals surface area contributed by atoms with E-state index in [4.69, 9.17) is 9.15 Å². The van der Waals surface area contributed by atoms with Crippen molar-refractivity contribution in [2.24, 2.45) is 11.8 Å². The van der Waals surface area contributed by atoms with Crippen molar-refractivity contribution in [3.8, 4) is 0 Å². The molecule has 7 heteroatoms. The van der Waals surface area contributed by atoms with Crippen LogP contribution in [-0.4, -0.2) is 38.2 Å². The molecule has 1 unspecified atom stereocenters. The number of hydrogen-bond donors (Lipinski definition) is 3. The summed E-state index contributed by atoms with van der Waals surface area (Å²) in [5.41, 5.74) is 1.11. The van der Waals surface area contributed by atoms with Gasteiger partial charge in [-0.2, -0.15) is 0 Å². The van der Waals surface area contributed by atoms with Crippen LogP contribution < -0.4 is 15.5 Å². The monoisotopic (exact) mass is 388 g/mol. The molecule has 0 spiro atoms. The summed E-state index contributed by atoms with van der Waals surface area (Å²) in [6.45, 7) is 4.89.